The molecule has 0 saturated heterocycles. The number of sulfonamides is 1. The van der Waals surface area contributed by atoms with Crippen molar-refractivity contribution in [2.45, 2.75) is 11.8 Å². The van der Waals surface area contributed by atoms with Crippen molar-refractivity contribution in [2.24, 2.45) is 0 Å². The lowest BCUT2D eigenvalue weighted by atomic mass is 10.3. The molecule has 0 atom stereocenters. The molecule has 0 spiro atoms. The molecule has 3 N–H and O–H groups in total. The summed E-state index contributed by atoms with van der Waals surface area (Å²) in [4.78, 5) is 0.210. The summed E-state index contributed by atoms with van der Waals surface area (Å²) in [6.45, 7) is 2.08. The predicted molar refractivity (Wildman–Crippen MR) is 98.6 cm³/mol. The highest BCUT2D eigenvalue weighted by Gasteiger charge is 2.11. The summed E-state index contributed by atoms with van der Waals surface area (Å²) in [7, 11) is -3.45. The van der Waals surface area contributed by atoms with Gasteiger partial charge in [-0.1, -0.05) is 18.5 Å². The smallest absolute Gasteiger partial charge is 0.240 e. The molecule has 0 aliphatic heterocycles. The van der Waals surface area contributed by atoms with E-state index in [1.165, 1.54) is 12.1 Å². The van der Waals surface area contributed by atoms with Gasteiger partial charge < -0.3 is 10.6 Å². The lowest BCUT2D eigenvalue weighted by Gasteiger charge is -2.11. The van der Waals surface area contributed by atoms with E-state index < -0.39 is 10.0 Å². The van der Waals surface area contributed by atoms with E-state index in [1.807, 2.05) is 12.1 Å². The topological polar surface area (TPSA) is 70.2 Å². The minimum absolute atomic E-state index is 0.210. The summed E-state index contributed by atoms with van der Waals surface area (Å²) in [5.41, 5.74) is 1.49. The average molecular weight is 370 g/mol. The maximum Gasteiger partial charge on any atom is 0.240 e. The van der Waals surface area contributed by atoms with Gasteiger partial charge in [0, 0.05) is 22.9 Å². The molecule has 5 nitrogen and oxygen atoms in total. The van der Waals surface area contributed by atoms with Crippen LogP contribution in [0.25, 0.3) is 0 Å². The molecule has 2 rings (SSSR count). The summed E-state index contributed by atoms with van der Waals surface area (Å²) >= 11 is 11.0. The van der Waals surface area contributed by atoms with Gasteiger partial charge in [-0.25, -0.2) is 13.1 Å². The normalized spacial score (nSPS) is 11.0. The molecule has 0 aliphatic rings. The van der Waals surface area contributed by atoms with Crippen LogP contribution in [0.1, 0.15) is 6.92 Å². The Balaban J connectivity index is 2.00. The van der Waals surface area contributed by atoms with Crippen LogP contribution < -0.4 is 15.4 Å². The first-order chi connectivity index (χ1) is 10.9. The average Bonchev–Trinajstić information content (AvgIpc) is 2.50. The lowest BCUT2D eigenvalue weighted by Crippen LogP contribution is -2.23. The SMILES string of the molecule is CCNS(=O)(=O)c1ccc(NC(=S)Nc2ccc(Cl)cc2)cc1. The van der Waals surface area contributed by atoms with Crippen molar-refractivity contribution < 1.29 is 8.42 Å². The first kappa shape index (κ1) is 17.7. The number of rotatable bonds is 5. The van der Waals surface area contributed by atoms with Crippen LogP contribution in [0.4, 0.5) is 11.4 Å². The molecule has 0 heterocycles. The standard InChI is InChI=1S/C15H16ClN3O2S2/c1-2-17-23(20,21)14-9-7-13(8-10-14)19-15(22)18-12-5-3-11(16)4-6-12/h3-10,17H,2H2,1H3,(H2,18,19,22). The zero-order chi connectivity index (χ0) is 16.9. The second-order valence-electron chi connectivity index (χ2n) is 4.61. The van der Waals surface area contributed by atoms with E-state index in [4.69, 9.17) is 23.8 Å². The Morgan fingerprint density at radius 2 is 1.48 bits per heavy atom. The summed E-state index contributed by atoms with van der Waals surface area (Å²) in [5.74, 6) is 0. The number of nitrogens with one attached hydrogen (secondary N) is 3. The van der Waals surface area contributed by atoms with Gasteiger partial charge in [0.15, 0.2) is 5.11 Å². The van der Waals surface area contributed by atoms with Gasteiger partial charge in [0.05, 0.1) is 4.90 Å². The van der Waals surface area contributed by atoms with Crippen LogP contribution in [0.5, 0.6) is 0 Å². The van der Waals surface area contributed by atoms with Crippen LogP contribution in [-0.4, -0.2) is 20.1 Å². The maximum atomic E-state index is 11.9. The fourth-order valence-corrected chi connectivity index (χ4v) is 3.22. The lowest BCUT2D eigenvalue weighted by molar-refractivity contribution is 0.584. The van der Waals surface area contributed by atoms with E-state index in [2.05, 4.69) is 15.4 Å². The first-order valence-corrected chi connectivity index (χ1v) is 9.11. The highest BCUT2D eigenvalue weighted by molar-refractivity contribution is 7.89. The van der Waals surface area contributed by atoms with Gasteiger partial charge in [0.25, 0.3) is 0 Å². The van der Waals surface area contributed by atoms with Crippen molar-refractivity contribution in [3.8, 4) is 0 Å². The summed E-state index contributed by atoms with van der Waals surface area (Å²) < 4.78 is 26.1. The Bertz CT molecular complexity index is 775. The van der Waals surface area contributed by atoms with Gasteiger partial charge in [0.1, 0.15) is 0 Å². The highest BCUT2D eigenvalue weighted by Crippen LogP contribution is 2.16. The van der Waals surface area contributed by atoms with Crippen LogP contribution in [0.3, 0.4) is 0 Å². The monoisotopic (exact) mass is 369 g/mol. The van der Waals surface area contributed by atoms with Crippen LogP contribution in [-0.2, 0) is 10.0 Å². The third kappa shape index (κ3) is 5.18. The molecule has 0 radical (unpaired) electrons. The Hall–Kier alpha value is -1.67. The zero-order valence-corrected chi connectivity index (χ0v) is 14.7. The molecule has 0 saturated carbocycles. The van der Waals surface area contributed by atoms with Gasteiger partial charge in [-0.05, 0) is 60.7 Å². The summed E-state index contributed by atoms with van der Waals surface area (Å²) in [6, 6.07) is 13.5. The molecule has 0 aromatic heterocycles. The maximum absolute atomic E-state index is 11.9. The Morgan fingerprint density at radius 1 is 1.00 bits per heavy atom. The number of thiocarbonyl (C=S) groups is 1. The molecule has 0 bridgehead atoms. The van der Waals surface area contributed by atoms with Gasteiger partial charge in [-0.15, -0.1) is 0 Å². The summed E-state index contributed by atoms with van der Waals surface area (Å²) in [5, 5.41) is 7.04. The van der Waals surface area contributed by atoms with Crippen molar-refractivity contribution >= 4 is 50.3 Å². The number of benzene rings is 2. The van der Waals surface area contributed by atoms with Crippen molar-refractivity contribution in [3.05, 3.63) is 53.6 Å². The molecule has 0 aliphatic carbocycles. The van der Waals surface area contributed by atoms with Crippen molar-refractivity contribution in [1.29, 1.82) is 0 Å². The Kier molecular flexibility index (Phi) is 5.95. The molecule has 0 unspecified atom stereocenters. The number of hydrogen-bond donors (Lipinski definition) is 3. The van der Waals surface area contributed by atoms with E-state index in [0.29, 0.717) is 22.4 Å². The fourth-order valence-electron chi connectivity index (χ4n) is 1.82. The summed E-state index contributed by atoms with van der Waals surface area (Å²) in [6.07, 6.45) is 0. The number of anilines is 2. The molecule has 2 aromatic rings. The van der Waals surface area contributed by atoms with Gasteiger partial charge in [-0.3, -0.25) is 0 Å². The molecule has 2 aromatic carbocycles. The zero-order valence-electron chi connectivity index (χ0n) is 12.3. The molecular formula is C15H16ClN3O2S2. The van der Waals surface area contributed by atoms with Crippen LogP contribution >= 0.6 is 23.8 Å². The van der Waals surface area contributed by atoms with Crippen LogP contribution in [0, 0.1) is 0 Å². The van der Waals surface area contributed by atoms with E-state index >= 15 is 0 Å². The van der Waals surface area contributed by atoms with Gasteiger partial charge in [-0.2, -0.15) is 0 Å². The van der Waals surface area contributed by atoms with E-state index in [0.717, 1.165) is 5.69 Å². The van der Waals surface area contributed by atoms with Gasteiger partial charge >= 0.3 is 0 Å². The highest BCUT2D eigenvalue weighted by atomic mass is 35.5. The molecule has 122 valence electrons. The Morgan fingerprint density at radius 3 is 1.96 bits per heavy atom. The fraction of sp³-hybridized carbons (Fsp3) is 0.133. The molecular weight excluding hydrogens is 354 g/mol. The van der Waals surface area contributed by atoms with Crippen LogP contribution in [0.15, 0.2) is 53.4 Å². The predicted octanol–water partition coefficient (Wildman–Crippen LogP) is 3.45. The Labute approximate surface area is 146 Å². The quantitative estimate of drug-likeness (QED) is 0.704. The molecule has 23 heavy (non-hydrogen) atoms. The first-order valence-electron chi connectivity index (χ1n) is 6.84. The second kappa shape index (κ2) is 7.74. The number of halogens is 1. The minimum Gasteiger partial charge on any atom is -0.332 e. The molecule has 0 fully saturated rings. The third-order valence-electron chi connectivity index (χ3n) is 2.86. The van der Waals surface area contributed by atoms with Crippen molar-refractivity contribution in [2.75, 3.05) is 17.2 Å². The van der Waals surface area contributed by atoms with Crippen molar-refractivity contribution in [1.82, 2.24) is 4.72 Å². The van der Waals surface area contributed by atoms with Crippen LogP contribution in [0.2, 0.25) is 5.02 Å². The van der Waals surface area contributed by atoms with Gasteiger partial charge in [0.2, 0.25) is 10.0 Å². The third-order valence-corrected chi connectivity index (χ3v) is 4.88. The number of hydrogen-bond acceptors (Lipinski definition) is 3. The second-order valence-corrected chi connectivity index (χ2v) is 7.22. The minimum atomic E-state index is -3.45. The molecule has 8 heteroatoms. The molecule has 0 amide bonds. The van der Waals surface area contributed by atoms with Crippen molar-refractivity contribution in [3.63, 3.8) is 0 Å². The largest absolute Gasteiger partial charge is 0.332 e. The van der Waals surface area contributed by atoms with E-state index in [9.17, 15) is 8.42 Å². The van der Waals surface area contributed by atoms with E-state index in [1.54, 1.807) is 31.2 Å². The van der Waals surface area contributed by atoms with E-state index in [-0.39, 0.29) is 4.90 Å².